The van der Waals surface area contributed by atoms with Gasteiger partial charge in [-0.1, -0.05) is 31.0 Å². The van der Waals surface area contributed by atoms with Gasteiger partial charge in [0.05, 0.1) is 11.8 Å². The van der Waals surface area contributed by atoms with Gasteiger partial charge >= 0.3 is 5.97 Å². The number of ether oxygens (including phenoxy) is 1. The molecule has 1 saturated heterocycles. The summed E-state index contributed by atoms with van der Waals surface area (Å²) < 4.78 is 5.20. The van der Waals surface area contributed by atoms with Gasteiger partial charge in [-0.15, -0.1) is 0 Å². The van der Waals surface area contributed by atoms with Crippen molar-refractivity contribution >= 4 is 29.4 Å². The number of imide groups is 1. The Morgan fingerprint density at radius 2 is 1.59 bits per heavy atom. The maximum Gasteiger partial charge on any atom is 0.329 e. The monoisotopic (exact) mass is 400 g/mol. The SMILES string of the molecule is CC(C)N(C(=O)COC(=O)[C@H](C)N1C(=O)[C@H]2CCCC[C@@H]2C1=O)c1ccccc1. The van der Waals surface area contributed by atoms with Gasteiger partial charge in [-0.25, -0.2) is 4.79 Å². The molecule has 1 aliphatic carbocycles. The molecule has 7 heteroatoms. The molecule has 29 heavy (non-hydrogen) atoms. The Labute approximate surface area is 171 Å². The van der Waals surface area contributed by atoms with Crippen LogP contribution in [0.5, 0.6) is 0 Å². The number of likely N-dealkylation sites (tertiary alicyclic amines) is 1. The van der Waals surface area contributed by atoms with Gasteiger partial charge in [-0.05, 0) is 45.7 Å². The molecule has 0 N–H and O–H groups in total. The number of fused-ring (bicyclic) bond motifs is 1. The minimum Gasteiger partial charge on any atom is -0.454 e. The van der Waals surface area contributed by atoms with Crippen molar-refractivity contribution in [3.05, 3.63) is 30.3 Å². The highest BCUT2D eigenvalue weighted by Gasteiger charge is 2.51. The van der Waals surface area contributed by atoms with Crippen LogP contribution in [0.2, 0.25) is 0 Å². The zero-order valence-electron chi connectivity index (χ0n) is 17.2. The molecule has 2 aliphatic rings. The van der Waals surface area contributed by atoms with Crippen molar-refractivity contribution < 1.29 is 23.9 Å². The number of benzene rings is 1. The first-order chi connectivity index (χ1) is 13.8. The molecule has 0 spiro atoms. The van der Waals surface area contributed by atoms with Gasteiger partial charge in [-0.3, -0.25) is 19.3 Å². The average Bonchev–Trinajstić information content (AvgIpc) is 2.97. The first kappa shape index (κ1) is 21.0. The number of rotatable bonds is 6. The van der Waals surface area contributed by atoms with E-state index in [1.54, 1.807) is 4.90 Å². The third kappa shape index (κ3) is 4.18. The maximum atomic E-state index is 12.7. The Balaban J connectivity index is 1.63. The Bertz CT molecular complexity index is 768. The fourth-order valence-electron chi connectivity index (χ4n) is 4.32. The van der Waals surface area contributed by atoms with Crippen LogP contribution in [0.4, 0.5) is 5.69 Å². The number of carbonyl (C=O) groups is 4. The zero-order valence-corrected chi connectivity index (χ0v) is 17.2. The summed E-state index contributed by atoms with van der Waals surface area (Å²) in [5, 5.41) is 0. The lowest BCUT2D eigenvalue weighted by molar-refractivity contribution is -0.159. The van der Waals surface area contributed by atoms with E-state index < -0.39 is 18.6 Å². The number of nitrogens with zero attached hydrogens (tertiary/aromatic N) is 2. The van der Waals surface area contributed by atoms with Crippen LogP contribution in [-0.2, 0) is 23.9 Å². The van der Waals surface area contributed by atoms with E-state index in [4.69, 9.17) is 4.74 Å². The molecule has 1 saturated carbocycles. The highest BCUT2D eigenvalue weighted by Crippen LogP contribution is 2.38. The van der Waals surface area contributed by atoms with Crippen molar-refractivity contribution in [3.63, 3.8) is 0 Å². The third-order valence-corrected chi connectivity index (χ3v) is 5.76. The molecule has 1 aromatic rings. The van der Waals surface area contributed by atoms with E-state index in [-0.39, 0.29) is 35.6 Å². The van der Waals surface area contributed by atoms with Crippen LogP contribution >= 0.6 is 0 Å². The lowest BCUT2D eigenvalue weighted by atomic mass is 9.81. The summed E-state index contributed by atoms with van der Waals surface area (Å²) in [6.07, 6.45) is 3.22. The van der Waals surface area contributed by atoms with Gasteiger partial charge in [-0.2, -0.15) is 0 Å². The summed E-state index contributed by atoms with van der Waals surface area (Å²) in [6.45, 7) is 4.79. The second-order valence-electron chi connectivity index (χ2n) is 8.02. The molecule has 3 rings (SSSR count). The van der Waals surface area contributed by atoms with Crippen molar-refractivity contribution in [1.29, 1.82) is 0 Å². The van der Waals surface area contributed by atoms with Gasteiger partial charge in [0.25, 0.3) is 5.91 Å². The fraction of sp³-hybridized carbons (Fsp3) is 0.545. The van der Waals surface area contributed by atoms with E-state index >= 15 is 0 Å². The van der Waals surface area contributed by atoms with Crippen molar-refractivity contribution in [2.75, 3.05) is 11.5 Å². The molecule has 3 amide bonds. The summed E-state index contributed by atoms with van der Waals surface area (Å²) in [5.41, 5.74) is 0.713. The van der Waals surface area contributed by atoms with E-state index in [9.17, 15) is 19.2 Å². The Kier molecular flexibility index (Phi) is 6.35. The molecule has 2 fully saturated rings. The van der Waals surface area contributed by atoms with Gasteiger partial charge < -0.3 is 9.64 Å². The molecule has 0 radical (unpaired) electrons. The molecule has 1 aliphatic heterocycles. The number of anilines is 1. The van der Waals surface area contributed by atoms with E-state index in [2.05, 4.69) is 0 Å². The molecule has 0 unspecified atom stereocenters. The summed E-state index contributed by atoms with van der Waals surface area (Å²) in [6, 6.07) is 7.99. The molecule has 156 valence electrons. The van der Waals surface area contributed by atoms with Gasteiger partial charge in [0.2, 0.25) is 11.8 Å². The molecular weight excluding hydrogens is 372 g/mol. The van der Waals surface area contributed by atoms with Crippen LogP contribution in [0.25, 0.3) is 0 Å². The predicted molar refractivity (Wildman–Crippen MR) is 107 cm³/mol. The maximum absolute atomic E-state index is 12.7. The molecular formula is C22H28N2O5. The molecule has 7 nitrogen and oxygen atoms in total. The van der Waals surface area contributed by atoms with Gasteiger partial charge in [0.1, 0.15) is 6.04 Å². The second-order valence-corrected chi connectivity index (χ2v) is 8.02. The summed E-state index contributed by atoms with van der Waals surface area (Å²) in [5.74, 6) is -2.31. The standard InChI is InChI=1S/C22H28N2O5/c1-14(2)23(16-9-5-4-6-10-16)19(25)13-29-22(28)15(3)24-20(26)17-11-7-8-12-18(17)21(24)27/h4-6,9-10,14-15,17-18H,7-8,11-13H2,1-3H3/t15-,17-,18-/m0/s1. The number of hydrogen-bond donors (Lipinski definition) is 0. The minimum absolute atomic E-state index is 0.120. The number of esters is 1. The zero-order chi connectivity index (χ0) is 21.1. The van der Waals surface area contributed by atoms with Crippen LogP contribution < -0.4 is 4.90 Å². The van der Waals surface area contributed by atoms with Gasteiger partial charge in [0.15, 0.2) is 6.61 Å². The van der Waals surface area contributed by atoms with Crippen molar-refractivity contribution in [2.24, 2.45) is 11.8 Å². The molecule has 3 atom stereocenters. The topological polar surface area (TPSA) is 84.0 Å². The van der Waals surface area contributed by atoms with E-state index in [0.717, 1.165) is 17.7 Å². The predicted octanol–water partition coefficient (Wildman–Crippen LogP) is 2.53. The lowest BCUT2D eigenvalue weighted by Gasteiger charge is -2.27. The summed E-state index contributed by atoms with van der Waals surface area (Å²) in [4.78, 5) is 53.1. The van der Waals surface area contributed by atoms with Crippen LogP contribution in [0.15, 0.2) is 30.3 Å². The average molecular weight is 400 g/mol. The Hall–Kier alpha value is -2.70. The first-order valence-electron chi connectivity index (χ1n) is 10.2. The van der Waals surface area contributed by atoms with E-state index in [0.29, 0.717) is 18.5 Å². The fourth-order valence-corrected chi connectivity index (χ4v) is 4.32. The number of amides is 3. The molecule has 0 aromatic heterocycles. The van der Waals surface area contributed by atoms with Crippen LogP contribution in [0.1, 0.15) is 46.5 Å². The summed E-state index contributed by atoms with van der Waals surface area (Å²) >= 11 is 0. The second kappa shape index (κ2) is 8.76. The first-order valence-corrected chi connectivity index (χ1v) is 10.2. The van der Waals surface area contributed by atoms with Crippen molar-refractivity contribution in [2.45, 2.75) is 58.5 Å². The van der Waals surface area contributed by atoms with Crippen molar-refractivity contribution in [1.82, 2.24) is 4.90 Å². The third-order valence-electron chi connectivity index (χ3n) is 5.76. The molecule has 1 aromatic carbocycles. The smallest absolute Gasteiger partial charge is 0.329 e. The Morgan fingerprint density at radius 3 is 2.10 bits per heavy atom. The Morgan fingerprint density at radius 1 is 1.03 bits per heavy atom. The van der Waals surface area contributed by atoms with Crippen LogP contribution in [-0.4, -0.2) is 47.3 Å². The van der Waals surface area contributed by atoms with Crippen LogP contribution in [0, 0.1) is 11.8 Å². The number of para-hydroxylation sites is 1. The van der Waals surface area contributed by atoms with E-state index in [1.807, 2.05) is 44.2 Å². The van der Waals surface area contributed by atoms with Crippen molar-refractivity contribution in [3.8, 4) is 0 Å². The molecule has 0 bridgehead atoms. The van der Waals surface area contributed by atoms with E-state index in [1.165, 1.54) is 6.92 Å². The normalized spacial score (nSPS) is 22.4. The van der Waals surface area contributed by atoms with Gasteiger partial charge in [0, 0.05) is 11.7 Å². The highest BCUT2D eigenvalue weighted by molar-refractivity contribution is 6.08. The minimum atomic E-state index is -1.03. The molecule has 1 heterocycles. The number of hydrogen-bond acceptors (Lipinski definition) is 5. The summed E-state index contributed by atoms with van der Waals surface area (Å²) in [7, 11) is 0. The highest BCUT2D eigenvalue weighted by atomic mass is 16.5. The largest absolute Gasteiger partial charge is 0.454 e. The quantitative estimate of drug-likeness (QED) is 0.541. The lowest BCUT2D eigenvalue weighted by Crippen LogP contribution is -2.46. The number of carbonyl (C=O) groups excluding carboxylic acids is 4. The van der Waals surface area contributed by atoms with Crippen LogP contribution in [0.3, 0.4) is 0 Å².